The molecule has 46 heavy (non-hydrogen) atoms. The second-order valence-corrected chi connectivity index (χ2v) is 11.1. The second-order valence-electron chi connectivity index (χ2n) is 11.1. The van der Waals surface area contributed by atoms with Crippen molar-refractivity contribution >= 4 is 22.7 Å². The van der Waals surface area contributed by atoms with E-state index in [1.54, 1.807) is 0 Å². The molecule has 2 aromatic carbocycles. The smallest absolute Gasteiger partial charge is 0.311 e. The van der Waals surface area contributed by atoms with Gasteiger partial charge in [-0.2, -0.15) is 4.39 Å². The van der Waals surface area contributed by atoms with Gasteiger partial charge in [0, 0.05) is 114 Å². The molecule has 2 aromatic rings. The van der Waals surface area contributed by atoms with Crippen molar-refractivity contribution in [1.82, 2.24) is 19.6 Å². The van der Waals surface area contributed by atoms with E-state index in [4.69, 9.17) is 26.0 Å². The molecule has 3 aliphatic rings. The molecule has 0 unspecified atom stereocenters. The zero-order valence-electron chi connectivity index (χ0n) is 26.9. The van der Waals surface area contributed by atoms with Crippen LogP contribution in [0.4, 0.5) is 27.1 Å². The zero-order valence-corrected chi connectivity index (χ0v) is 26.9. The number of anilines is 2. The number of nitrogens with zero attached hydrogens (tertiary/aromatic N) is 6. The Morgan fingerprint density at radius 1 is 0.804 bits per heavy atom. The van der Waals surface area contributed by atoms with Gasteiger partial charge >= 0.3 is 11.4 Å². The van der Waals surface area contributed by atoms with E-state index in [0.717, 1.165) is 90.8 Å². The highest BCUT2D eigenvalue weighted by molar-refractivity contribution is 5.55. The highest BCUT2D eigenvalue weighted by Crippen LogP contribution is 2.28. The third-order valence-corrected chi connectivity index (χ3v) is 7.45. The summed E-state index contributed by atoms with van der Waals surface area (Å²) in [4.78, 5) is 28.9. The third-order valence-electron chi connectivity index (χ3n) is 7.45. The van der Waals surface area contributed by atoms with Gasteiger partial charge in [0.25, 0.3) is 0 Å². The largest absolute Gasteiger partial charge is 0.485 e. The first-order valence-electron chi connectivity index (χ1n) is 15.4. The first-order chi connectivity index (χ1) is 22.0. The molecule has 0 radical (unpaired) electrons. The molecule has 16 heteroatoms. The number of β-amino-alcohol motifs (C(OH)–C–C–N with tert-alkyl or cyclic N) is 1. The second kappa shape index (κ2) is 21.2. The quantitative estimate of drug-likeness (QED) is 0.214. The van der Waals surface area contributed by atoms with Crippen molar-refractivity contribution in [2.75, 3.05) is 117 Å². The summed E-state index contributed by atoms with van der Waals surface area (Å²) in [5.41, 5.74) is 10.8. The molecule has 5 N–H and O–H groups in total. The van der Waals surface area contributed by atoms with Crippen molar-refractivity contribution in [2.45, 2.75) is 12.8 Å². The Bertz CT molecular complexity index is 1180. The summed E-state index contributed by atoms with van der Waals surface area (Å²) in [6.07, 6.45) is 2.56. The first-order valence-corrected chi connectivity index (χ1v) is 15.4. The van der Waals surface area contributed by atoms with Crippen LogP contribution in [0.15, 0.2) is 36.4 Å². The van der Waals surface area contributed by atoms with Gasteiger partial charge in [-0.3, -0.25) is 30.0 Å². The van der Waals surface area contributed by atoms with Gasteiger partial charge in [0.1, 0.15) is 6.61 Å². The Morgan fingerprint density at radius 3 is 1.72 bits per heavy atom. The van der Waals surface area contributed by atoms with E-state index < -0.39 is 21.4 Å². The Balaban J connectivity index is 0.000000238. The number of aliphatic hydroxyl groups is 1. The summed E-state index contributed by atoms with van der Waals surface area (Å²) < 4.78 is 23.1. The van der Waals surface area contributed by atoms with Gasteiger partial charge in [0.15, 0.2) is 5.75 Å². The van der Waals surface area contributed by atoms with Crippen LogP contribution in [0, 0.1) is 26.0 Å². The number of ether oxygens (including phenoxy) is 2. The fraction of sp³-hybridized carbons (Fsp3) is 0.600. The molecule has 5 rings (SSSR count). The summed E-state index contributed by atoms with van der Waals surface area (Å²) in [7, 11) is 4.24. The van der Waals surface area contributed by atoms with Crippen molar-refractivity contribution in [1.29, 1.82) is 0 Å². The molecule has 15 nitrogen and oxygen atoms in total. The maximum atomic E-state index is 12.6. The number of aliphatic hydroxyl groups excluding tert-OH is 1. The summed E-state index contributed by atoms with van der Waals surface area (Å²) in [6, 6.07) is 7.61. The van der Waals surface area contributed by atoms with E-state index >= 15 is 0 Å². The Morgan fingerprint density at radius 2 is 1.28 bits per heavy atom. The molecular weight excluding hydrogens is 603 g/mol. The van der Waals surface area contributed by atoms with Crippen LogP contribution in [-0.2, 0) is 4.74 Å². The van der Waals surface area contributed by atoms with Gasteiger partial charge in [0.2, 0.25) is 5.82 Å². The van der Waals surface area contributed by atoms with Crippen molar-refractivity contribution < 1.29 is 28.8 Å². The van der Waals surface area contributed by atoms with Crippen LogP contribution < -0.4 is 16.2 Å². The molecule has 0 bridgehead atoms. The molecule has 0 atom stereocenters. The third kappa shape index (κ3) is 15.1. The number of piperazine rings is 2. The number of nitro groups is 2. The fourth-order valence-electron chi connectivity index (χ4n) is 4.55. The number of halogens is 1. The summed E-state index contributed by atoms with van der Waals surface area (Å²) in [5, 5.41) is 29.6. The maximum absolute atomic E-state index is 12.6. The minimum absolute atomic E-state index is 0.0439. The van der Waals surface area contributed by atoms with Gasteiger partial charge in [0.05, 0.1) is 16.5 Å². The maximum Gasteiger partial charge on any atom is 0.311 e. The van der Waals surface area contributed by atoms with Crippen molar-refractivity contribution in [3.8, 4) is 5.75 Å². The van der Waals surface area contributed by atoms with Crippen LogP contribution in [0.3, 0.4) is 0 Å². The molecule has 3 saturated heterocycles. The first kappa shape index (κ1) is 38.5. The standard InChI is InChI=1S/C13H20N4O3.C7H16N2O.C6H5FN2O2.C4H8O/c1-15-4-6-16(7-5-15)8-9-20-13-10-11(14)2-3-12(13)17(18)19;1-8-2-4-9(5-3-8)6-7-10;7-5-3-4(8)1-2-6(5)9(10)11;1-2-4-5-3-1/h2-3,10H,4-9,14H2,1H3;10H,2-7H2,1H3;1-3H,8H2;1-4H2. The number of benzene rings is 2. The van der Waals surface area contributed by atoms with Gasteiger partial charge in [-0.25, -0.2) is 0 Å². The molecule has 3 aliphatic heterocycles. The van der Waals surface area contributed by atoms with Crippen molar-refractivity contribution in [2.24, 2.45) is 0 Å². The molecular formula is C30H49FN8O7. The topological polar surface area (TPSA) is 190 Å². The Hall–Kier alpha value is -3.67. The number of hydrogen-bond acceptors (Lipinski definition) is 13. The summed E-state index contributed by atoms with van der Waals surface area (Å²) >= 11 is 0. The van der Waals surface area contributed by atoms with E-state index in [1.165, 1.54) is 37.1 Å². The molecule has 0 aromatic heterocycles. The highest BCUT2D eigenvalue weighted by Gasteiger charge is 2.17. The average Bonchev–Trinajstić information content (AvgIpc) is 3.61. The van der Waals surface area contributed by atoms with E-state index in [-0.39, 0.29) is 17.1 Å². The predicted octanol–water partition coefficient (Wildman–Crippen LogP) is 2.14. The van der Waals surface area contributed by atoms with Crippen LogP contribution in [0.1, 0.15) is 12.8 Å². The highest BCUT2D eigenvalue weighted by atomic mass is 19.1. The molecule has 0 aliphatic carbocycles. The number of nitrogens with two attached hydrogens (primary N) is 2. The van der Waals surface area contributed by atoms with Crippen molar-refractivity contribution in [3.05, 3.63) is 62.4 Å². The molecule has 0 saturated carbocycles. The lowest BCUT2D eigenvalue weighted by atomic mass is 10.2. The van der Waals surface area contributed by atoms with Gasteiger partial charge in [-0.05, 0) is 39.1 Å². The van der Waals surface area contributed by atoms with Crippen molar-refractivity contribution in [3.63, 3.8) is 0 Å². The SMILES string of the molecule is C1CCOC1.CN1CCN(CCO)CC1.CN1CCN(CCOc2cc(N)ccc2[N+](=O)[O-])CC1.Nc1ccc([N+](=O)[O-])c(F)c1. The van der Waals surface area contributed by atoms with E-state index in [2.05, 4.69) is 33.7 Å². The Kier molecular flexibility index (Phi) is 17.7. The summed E-state index contributed by atoms with van der Waals surface area (Å²) in [6.45, 7) is 12.9. The van der Waals surface area contributed by atoms with Crippen LogP contribution in [0.2, 0.25) is 0 Å². The predicted molar refractivity (Wildman–Crippen MR) is 175 cm³/mol. The fourth-order valence-corrected chi connectivity index (χ4v) is 4.55. The molecule has 0 amide bonds. The summed E-state index contributed by atoms with van der Waals surface area (Å²) in [5.74, 6) is -0.667. The van der Waals surface area contributed by atoms with Crippen LogP contribution >= 0.6 is 0 Å². The minimum Gasteiger partial charge on any atom is -0.485 e. The number of nitrogen functional groups attached to an aromatic ring is 2. The van der Waals surface area contributed by atoms with Gasteiger partial charge in [-0.1, -0.05) is 0 Å². The van der Waals surface area contributed by atoms with Crippen LogP contribution in [-0.4, -0.2) is 141 Å². The number of hydrogen-bond donors (Lipinski definition) is 3. The lowest BCUT2D eigenvalue weighted by Gasteiger charge is -2.32. The average molecular weight is 653 g/mol. The van der Waals surface area contributed by atoms with E-state index in [0.29, 0.717) is 18.9 Å². The van der Waals surface area contributed by atoms with Gasteiger partial charge in [-0.15, -0.1) is 0 Å². The monoisotopic (exact) mass is 652 g/mol. The lowest BCUT2D eigenvalue weighted by Crippen LogP contribution is -2.45. The normalized spacial score (nSPS) is 17.4. The molecule has 3 fully saturated rings. The van der Waals surface area contributed by atoms with Crippen LogP contribution in [0.25, 0.3) is 0 Å². The van der Waals surface area contributed by atoms with E-state index in [9.17, 15) is 24.6 Å². The van der Waals surface area contributed by atoms with Gasteiger partial charge < -0.3 is 35.8 Å². The number of likely N-dealkylation sites (N-methyl/N-ethyl adjacent to an activating group) is 2. The van der Waals surface area contributed by atoms with E-state index in [1.807, 2.05) is 0 Å². The Labute approximate surface area is 269 Å². The zero-order chi connectivity index (χ0) is 33.9. The van der Waals surface area contributed by atoms with Crippen LogP contribution in [0.5, 0.6) is 5.75 Å². The lowest BCUT2D eigenvalue weighted by molar-refractivity contribution is -0.387. The molecule has 0 spiro atoms. The molecule has 3 heterocycles. The molecule has 258 valence electrons. The minimum atomic E-state index is -0.907. The number of rotatable bonds is 8. The number of nitro benzene ring substituents is 2.